The van der Waals surface area contributed by atoms with Crippen molar-refractivity contribution in [2.24, 2.45) is 11.8 Å². The zero-order chi connectivity index (χ0) is 15.4. The van der Waals surface area contributed by atoms with Crippen molar-refractivity contribution in [1.29, 1.82) is 0 Å². The van der Waals surface area contributed by atoms with Gasteiger partial charge in [0.25, 0.3) is 5.91 Å². The van der Waals surface area contributed by atoms with E-state index in [-0.39, 0.29) is 10.9 Å². The van der Waals surface area contributed by atoms with Crippen LogP contribution in [0.3, 0.4) is 0 Å². The van der Waals surface area contributed by atoms with Gasteiger partial charge in [-0.3, -0.25) is 4.79 Å². The number of carbonyl (C=O) groups is 1. The van der Waals surface area contributed by atoms with E-state index in [1.165, 1.54) is 32.1 Å². The largest absolute Gasteiger partial charge is 0.399 e. The number of carbonyl (C=O) groups excluding carboxylic acids is 1. The van der Waals surface area contributed by atoms with E-state index in [1.807, 2.05) is 0 Å². The molecule has 0 heterocycles. The minimum absolute atomic E-state index is 0.202. The van der Waals surface area contributed by atoms with Crippen molar-refractivity contribution >= 4 is 34.8 Å². The van der Waals surface area contributed by atoms with Crippen LogP contribution in [0.1, 0.15) is 49.4 Å². The maximum Gasteiger partial charge on any atom is 0.252 e. The molecule has 1 amide bonds. The molecule has 0 aromatic heterocycles. The molecule has 0 atom stereocenters. The Bertz CT molecular complexity index is 511. The third kappa shape index (κ3) is 4.27. The molecule has 0 aliphatic heterocycles. The Hall–Kier alpha value is -0.930. The highest BCUT2D eigenvalue weighted by molar-refractivity contribution is 6.44. The summed E-state index contributed by atoms with van der Waals surface area (Å²) >= 11 is 12.0. The molecule has 1 aromatic carbocycles. The van der Waals surface area contributed by atoms with Gasteiger partial charge in [-0.25, -0.2) is 0 Å². The van der Waals surface area contributed by atoms with Crippen molar-refractivity contribution in [3.05, 3.63) is 27.7 Å². The Balaban J connectivity index is 1.91. The van der Waals surface area contributed by atoms with Crippen LogP contribution in [0.4, 0.5) is 5.69 Å². The third-order valence-electron chi connectivity index (χ3n) is 4.39. The molecule has 1 saturated carbocycles. The normalized spacial score (nSPS) is 22.0. The molecule has 21 heavy (non-hydrogen) atoms. The number of benzene rings is 1. The van der Waals surface area contributed by atoms with E-state index in [4.69, 9.17) is 28.9 Å². The Morgan fingerprint density at radius 3 is 2.48 bits per heavy atom. The van der Waals surface area contributed by atoms with Crippen LogP contribution in [0.5, 0.6) is 0 Å². The van der Waals surface area contributed by atoms with E-state index >= 15 is 0 Å². The summed E-state index contributed by atoms with van der Waals surface area (Å²) in [5.74, 6) is 1.22. The van der Waals surface area contributed by atoms with Gasteiger partial charge in [0.2, 0.25) is 0 Å². The number of amides is 1. The summed E-state index contributed by atoms with van der Waals surface area (Å²) in [6.07, 6.45) is 6.16. The molecular formula is C16H22Cl2N2O. The van der Waals surface area contributed by atoms with Gasteiger partial charge >= 0.3 is 0 Å². The lowest BCUT2D eigenvalue weighted by molar-refractivity contribution is 0.0941. The summed E-state index contributed by atoms with van der Waals surface area (Å²) in [7, 11) is 0. The van der Waals surface area contributed by atoms with Crippen molar-refractivity contribution in [3.63, 3.8) is 0 Å². The van der Waals surface area contributed by atoms with E-state index < -0.39 is 0 Å². The zero-order valence-electron chi connectivity index (χ0n) is 12.3. The fraction of sp³-hybridized carbons (Fsp3) is 0.562. The fourth-order valence-electron chi connectivity index (χ4n) is 2.95. The second kappa shape index (κ2) is 7.37. The number of halogens is 2. The second-order valence-corrected chi connectivity index (χ2v) is 6.65. The van der Waals surface area contributed by atoms with Gasteiger partial charge in [-0.2, -0.15) is 0 Å². The SMILES string of the molecule is CCC1CCC(CNC(=O)c2cc(N)cc(Cl)c2Cl)CC1. The molecule has 1 aliphatic rings. The average molecular weight is 329 g/mol. The highest BCUT2D eigenvalue weighted by atomic mass is 35.5. The number of hydrogen-bond donors (Lipinski definition) is 2. The molecule has 0 spiro atoms. The monoisotopic (exact) mass is 328 g/mol. The molecular weight excluding hydrogens is 307 g/mol. The van der Waals surface area contributed by atoms with E-state index in [0.717, 1.165) is 5.92 Å². The standard InChI is InChI=1S/C16H22Cl2N2O/c1-2-10-3-5-11(6-4-10)9-20-16(21)13-7-12(19)8-14(17)15(13)18/h7-8,10-11H,2-6,9,19H2,1H3,(H,20,21). The number of nitrogens with two attached hydrogens (primary N) is 1. The lowest BCUT2D eigenvalue weighted by Gasteiger charge is -2.27. The molecule has 0 bridgehead atoms. The van der Waals surface area contributed by atoms with Crippen molar-refractivity contribution < 1.29 is 4.79 Å². The minimum Gasteiger partial charge on any atom is -0.399 e. The molecule has 2 rings (SSSR count). The van der Waals surface area contributed by atoms with Crippen LogP contribution >= 0.6 is 23.2 Å². The molecule has 3 N–H and O–H groups in total. The van der Waals surface area contributed by atoms with E-state index in [1.54, 1.807) is 12.1 Å². The molecule has 1 aliphatic carbocycles. The van der Waals surface area contributed by atoms with Crippen LogP contribution in [0.2, 0.25) is 10.0 Å². The second-order valence-electron chi connectivity index (χ2n) is 5.87. The minimum atomic E-state index is -0.202. The highest BCUT2D eigenvalue weighted by Crippen LogP contribution is 2.31. The molecule has 1 fully saturated rings. The molecule has 1 aromatic rings. The maximum absolute atomic E-state index is 12.2. The lowest BCUT2D eigenvalue weighted by Crippen LogP contribution is -2.31. The van der Waals surface area contributed by atoms with Gasteiger partial charge in [0.05, 0.1) is 15.6 Å². The van der Waals surface area contributed by atoms with Gasteiger partial charge < -0.3 is 11.1 Å². The van der Waals surface area contributed by atoms with Gasteiger partial charge in [0, 0.05) is 12.2 Å². The average Bonchev–Trinajstić information content (AvgIpc) is 2.49. The Morgan fingerprint density at radius 1 is 1.24 bits per heavy atom. The molecule has 0 saturated heterocycles. The Morgan fingerprint density at radius 2 is 1.86 bits per heavy atom. The van der Waals surface area contributed by atoms with Gasteiger partial charge in [-0.05, 0) is 36.8 Å². The topological polar surface area (TPSA) is 55.1 Å². The van der Waals surface area contributed by atoms with Gasteiger partial charge in [0.1, 0.15) is 0 Å². The summed E-state index contributed by atoms with van der Waals surface area (Å²) in [5, 5.41) is 3.53. The van der Waals surface area contributed by atoms with Crippen LogP contribution in [-0.4, -0.2) is 12.5 Å². The van der Waals surface area contributed by atoms with Crippen LogP contribution < -0.4 is 11.1 Å². The first-order valence-electron chi connectivity index (χ1n) is 7.54. The predicted octanol–water partition coefficient (Wildman–Crippen LogP) is 4.52. The van der Waals surface area contributed by atoms with Crippen LogP contribution in [0.25, 0.3) is 0 Å². The van der Waals surface area contributed by atoms with E-state index in [2.05, 4.69) is 12.2 Å². The van der Waals surface area contributed by atoms with Crippen LogP contribution in [0.15, 0.2) is 12.1 Å². The highest BCUT2D eigenvalue weighted by Gasteiger charge is 2.21. The van der Waals surface area contributed by atoms with E-state index in [0.29, 0.717) is 28.7 Å². The quantitative estimate of drug-likeness (QED) is 0.798. The van der Waals surface area contributed by atoms with Crippen LogP contribution in [-0.2, 0) is 0 Å². The summed E-state index contributed by atoms with van der Waals surface area (Å²) < 4.78 is 0. The zero-order valence-corrected chi connectivity index (χ0v) is 13.8. The number of anilines is 1. The molecule has 3 nitrogen and oxygen atoms in total. The van der Waals surface area contributed by atoms with Crippen molar-refractivity contribution in [2.45, 2.75) is 39.0 Å². The number of hydrogen-bond acceptors (Lipinski definition) is 2. The van der Waals surface area contributed by atoms with Crippen molar-refractivity contribution in [2.75, 3.05) is 12.3 Å². The Labute approximate surface area is 136 Å². The van der Waals surface area contributed by atoms with Crippen molar-refractivity contribution in [1.82, 2.24) is 5.32 Å². The Kier molecular flexibility index (Phi) is 5.77. The maximum atomic E-state index is 12.2. The lowest BCUT2D eigenvalue weighted by atomic mass is 9.81. The third-order valence-corrected chi connectivity index (χ3v) is 5.19. The van der Waals surface area contributed by atoms with E-state index in [9.17, 15) is 4.79 Å². The molecule has 0 unspecified atom stereocenters. The summed E-state index contributed by atoms with van der Waals surface area (Å²) in [5.41, 5.74) is 6.51. The summed E-state index contributed by atoms with van der Waals surface area (Å²) in [6.45, 7) is 2.94. The summed E-state index contributed by atoms with van der Waals surface area (Å²) in [6, 6.07) is 3.12. The number of nitrogens with one attached hydrogen (secondary N) is 1. The number of nitrogen functional groups attached to an aromatic ring is 1. The first-order chi connectivity index (χ1) is 10.0. The van der Waals surface area contributed by atoms with Gasteiger partial charge in [-0.15, -0.1) is 0 Å². The predicted molar refractivity (Wildman–Crippen MR) is 88.9 cm³/mol. The van der Waals surface area contributed by atoms with Gasteiger partial charge in [-0.1, -0.05) is 49.4 Å². The molecule has 0 radical (unpaired) electrons. The summed E-state index contributed by atoms with van der Waals surface area (Å²) in [4.78, 5) is 12.2. The van der Waals surface area contributed by atoms with Crippen LogP contribution in [0, 0.1) is 11.8 Å². The first kappa shape index (κ1) is 16.4. The number of rotatable bonds is 4. The first-order valence-corrected chi connectivity index (χ1v) is 8.29. The van der Waals surface area contributed by atoms with Crippen molar-refractivity contribution in [3.8, 4) is 0 Å². The van der Waals surface area contributed by atoms with Gasteiger partial charge in [0.15, 0.2) is 0 Å². The molecule has 116 valence electrons. The molecule has 5 heteroatoms. The fourth-order valence-corrected chi connectivity index (χ4v) is 3.37. The smallest absolute Gasteiger partial charge is 0.252 e.